The normalized spacial score (nSPS) is 13.4. The van der Waals surface area contributed by atoms with Crippen molar-refractivity contribution in [2.45, 2.75) is 56.2 Å². The van der Waals surface area contributed by atoms with Crippen LogP contribution in [0.2, 0.25) is 0 Å². The van der Waals surface area contributed by atoms with Crippen molar-refractivity contribution in [1.82, 2.24) is 0 Å². The van der Waals surface area contributed by atoms with Gasteiger partial charge in [0.25, 0.3) is 5.69 Å². The number of methoxy groups -OCH3 is 2. The second kappa shape index (κ2) is 20.0. The van der Waals surface area contributed by atoms with Gasteiger partial charge in [-0.25, -0.2) is 0 Å². The maximum atomic E-state index is 13.0. The molecular weight excluding hydrogens is 748 g/mol. The van der Waals surface area contributed by atoms with Gasteiger partial charge in [-0.1, -0.05) is 66.7 Å². The Labute approximate surface area is 318 Å². The van der Waals surface area contributed by atoms with Gasteiger partial charge in [0.15, 0.2) is 11.6 Å². The molecule has 4 unspecified atom stereocenters. The molecule has 0 aliphatic heterocycles. The third-order valence-corrected chi connectivity index (χ3v) is 8.35. The van der Waals surface area contributed by atoms with Crippen LogP contribution in [0.1, 0.15) is 52.1 Å². The molecule has 4 aromatic rings. The van der Waals surface area contributed by atoms with E-state index in [0.29, 0.717) is 23.5 Å². The van der Waals surface area contributed by atoms with E-state index in [1.165, 1.54) is 50.6 Å². The van der Waals surface area contributed by atoms with Crippen LogP contribution in [0, 0.1) is 32.8 Å². The molecule has 0 fully saturated rings. The lowest BCUT2D eigenvalue weighted by Crippen LogP contribution is -2.30. The highest BCUT2D eigenvalue weighted by atomic mass is 19.4. The summed E-state index contributed by atoms with van der Waals surface area (Å²) < 4.78 is 93.5. The van der Waals surface area contributed by atoms with Crippen LogP contribution in [0.15, 0.2) is 97.1 Å². The third-order valence-electron chi connectivity index (χ3n) is 8.35. The number of nitro benzene ring substituents is 1. The van der Waals surface area contributed by atoms with E-state index in [4.69, 9.17) is 14.2 Å². The van der Waals surface area contributed by atoms with Gasteiger partial charge < -0.3 is 14.2 Å². The van der Waals surface area contributed by atoms with Crippen molar-refractivity contribution in [3.05, 3.63) is 141 Å². The topological polar surface area (TPSA) is 153 Å². The molecular formula is C40H35F6N3O7. The molecule has 0 saturated heterocycles. The van der Waals surface area contributed by atoms with E-state index in [0.717, 1.165) is 30.3 Å². The fraction of sp³-hybridized carbons (Fsp3) is 0.300. The summed E-state index contributed by atoms with van der Waals surface area (Å²) in [6, 6.07) is 24.4. The maximum absolute atomic E-state index is 13.0. The zero-order valence-electron chi connectivity index (χ0n) is 30.1. The van der Waals surface area contributed by atoms with Gasteiger partial charge in [-0.3, -0.25) is 19.7 Å². The van der Waals surface area contributed by atoms with Crippen LogP contribution in [0.3, 0.4) is 0 Å². The van der Waals surface area contributed by atoms with Crippen LogP contribution >= 0.6 is 0 Å². The van der Waals surface area contributed by atoms with Crippen LogP contribution in [-0.2, 0) is 44.3 Å². The number of carbonyl (C=O) groups is 2. The molecule has 4 rings (SSSR count). The van der Waals surface area contributed by atoms with E-state index in [9.17, 15) is 56.6 Å². The first-order valence-corrected chi connectivity index (χ1v) is 16.7. The van der Waals surface area contributed by atoms with Crippen LogP contribution in [0.25, 0.3) is 0 Å². The summed E-state index contributed by atoms with van der Waals surface area (Å²) in [6.07, 6.45) is -11.2. The first kappa shape index (κ1) is 44.3. The summed E-state index contributed by atoms with van der Waals surface area (Å²) in [5, 5.41) is 29.7. The number of Topliss-reactive ketones (excluding diaryl/α,β-unsaturated/α-hetero) is 2. The fourth-order valence-electron chi connectivity index (χ4n) is 5.55. The van der Waals surface area contributed by atoms with E-state index in [-0.39, 0.29) is 29.7 Å². The van der Waals surface area contributed by atoms with E-state index in [1.807, 2.05) is 13.0 Å². The number of alkyl halides is 6. The molecule has 10 nitrogen and oxygen atoms in total. The second-order valence-corrected chi connectivity index (χ2v) is 12.0. The lowest BCUT2D eigenvalue weighted by molar-refractivity contribution is -0.384. The summed E-state index contributed by atoms with van der Waals surface area (Å²) >= 11 is 0. The maximum Gasteiger partial charge on any atom is 0.416 e. The Kier molecular flexibility index (Phi) is 15.8. The number of para-hydroxylation sites is 1. The number of carbonyl (C=O) groups excluding carboxylic acids is 2. The molecule has 0 heterocycles. The number of non-ortho nitro benzene ring substituents is 1. The summed E-state index contributed by atoms with van der Waals surface area (Å²) in [7, 11) is 2.55. The number of halogens is 6. The fourth-order valence-corrected chi connectivity index (χ4v) is 5.55. The van der Waals surface area contributed by atoms with Crippen LogP contribution in [0.5, 0.6) is 5.75 Å². The molecule has 4 atom stereocenters. The lowest BCUT2D eigenvalue weighted by atomic mass is 9.89. The summed E-state index contributed by atoms with van der Waals surface area (Å²) in [6.45, 7) is 2.27. The summed E-state index contributed by atoms with van der Waals surface area (Å²) in [5.41, 5.74) is -1.01. The number of hydrogen-bond acceptors (Lipinski definition) is 9. The molecule has 4 aromatic carbocycles. The molecule has 0 bridgehead atoms. The van der Waals surface area contributed by atoms with Crippen LogP contribution < -0.4 is 4.74 Å². The first-order chi connectivity index (χ1) is 26.5. The number of ketones is 2. The molecule has 0 N–H and O–H groups in total. The van der Waals surface area contributed by atoms with Gasteiger partial charge in [0.1, 0.15) is 29.8 Å². The van der Waals surface area contributed by atoms with Gasteiger partial charge in [-0.15, -0.1) is 0 Å². The monoisotopic (exact) mass is 783 g/mol. The minimum Gasteiger partial charge on any atom is -0.494 e. The molecule has 0 aliphatic carbocycles. The first-order valence-electron chi connectivity index (χ1n) is 16.7. The molecule has 0 aliphatic rings. The highest BCUT2D eigenvalue weighted by Gasteiger charge is 2.35. The minimum absolute atomic E-state index is 0.0116. The highest BCUT2D eigenvalue weighted by molar-refractivity contribution is 5.93. The zero-order valence-corrected chi connectivity index (χ0v) is 30.1. The molecule has 0 aromatic heterocycles. The number of nitro groups is 1. The average Bonchev–Trinajstić information content (AvgIpc) is 3.17. The predicted octanol–water partition coefficient (Wildman–Crippen LogP) is 8.59. The Morgan fingerprint density at radius 3 is 1.64 bits per heavy atom. The standard InChI is InChI=1S/C21H20F3NO3.C19H15F3N2O4/c1-3-28-18-10-5-4-7-15(18)12-19(27-2)20(26)17(13-25)14-8-6-9-16(11-14)21(22,23)24;1-28-17(9-12-4-2-7-15(8-12)24(26)27)18(25)16(11-23)13-5-3-6-14(10-13)19(20,21)22/h4-11,17,19H,3,12H2,1-2H3;2-8,10,16-17H,9H2,1H3. The average molecular weight is 784 g/mol. The SMILES string of the molecule is CCOc1ccccc1CC(OC)C(=O)C(C#N)c1cccc(C(F)(F)F)c1.COC(Cc1cccc([N+](=O)[O-])c1)C(=O)C(C#N)c1cccc(C(F)(F)F)c1. The van der Waals surface area contributed by atoms with E-state index in [1.54, 1.807) is 36.4 Å². The number of rotatable bonds is 15. The molecule has 294 valence electrons. The Balaban J connectivity index is 0.000000300. The Bertz CT molecular complexity index is 2070. The smallest absolute Gasteiger partial charge is 0.416 e. The van der Waals surface area contributed by atoms with Crippen LogP contribution in [0.4, 0.5) is 32.0 Å². The third kappa shape index (κ3) is 11.9. The van der Waals surface area contributed by atoms with Gasteiger partial charge >= 0.3 is 12.4 Å². The zero-order chi connectivity index (χ0) is 41.6. The largest absolute Gasteiger partial charge is 0.494 e. The van der Waals surface area contributed by atoms with Crippen molar-refractivity contribution >= 4 is 17.3 Å². The van der Waals surface area contributed by atoms with Gasteiger partial charge in [0.05, 0.1) is 34.8 Å². The van der Waals surface area contributed by atoms with E-state index < -0.39 is 64.0 Å². The number of hydrogen-bond donors (Lipinski definition) is 0. The van der Waals surface area contributed by atoms with Crippen LogP contribution in [-0.4, -0.2) is 49.5 Å². The molecule has 56 heavy (non-hydrogen) atoms. The molecule has 0 radical (unpaired) electrons. The van der Waals surface area contributed by atoms with Crippen molar-refractivity contribution in [2.24, 2.45) is 0 Å². The van der Waals surface area contributed by atoms with Gasteiger partial charge in [-0.05, 0) is 47.4 Å². The van der Waals surface area contributed by atoms with Crippen molar-refractivity contribution in [1.29, 1.82) is 10.5 Å². The van der Waals surface area contributed by atoms with Gasteiger partial charge in [-0.2, -0.15) is 36.9 Å². The Morgan fingerprint density at radius 2 is 1.20 bits per heavy atom. The lowest BCUT2D eigenvalue weighted by Gasteiger charge is -2.19. The minimum atomic E-state index is -4.61. The van der Waals surface area contributed by atoms with Gasteiger partial charge in [0, 0.05) is 39.2 Å². The number of benzene rings is 4. The predicted molar refractivity (Wildman–Crippen MR) is 189 cm³/mol. The molecule has 16 heteroatoms. The Hall–Kier alpha value is -6.10. The van der Waals surface area contributed by atoms with Crippen molar-refractivity contribution < 1.29 is 55.1 Å². The summed E-state index contributed by atoms with van der Waals surface area (Å²) in [5.74, 6) is -3.57. The van der Waals surface area contributed by atoms with Crippen molar-refractivity contribution in [3.8, 4) is 17.9 Å². The number of ether oxygens (including phenoxy) is 3. The number of nitrogens with zero attached hydrogens (tertiary/aromatic N) is 3. The van der Waals surface area contributed by atoms with Crippen molar-refractivity contribution in [2.75, 3.05) is 20.8 Å². The molecule has 0 spiro atoms. The number of nitriles is 2. The molecule has 0 saturated carbocycles. The van der Waals surface area contributed by atoms with Crippen molar-refractivity contribution in [3.63, 3.8) is 0 Å². The highest BCUT2D eigenvalue weighted by Crippen LogP contribution is 2.33. The van der Waals surface area contributed by atoms with E-state index >= 15 is 0 Å². The quantitative estimate of drug-likeness (QED) is 0.0656. The van der Waals surface area contributed by atoms with Gasteiger partial charge in [0.2, 0.25) is 0 Å². The summed E-state index contributed by atoms with van der Waals surface area (Å²) in [4.78, 5) is 35.9. The second-order valence-electron chi connectivity index (χ2n) is 12.0. The Morgan fingerprint density at radius 1 is 0.714 bits per heavy atom. The van der Waals surface area contributed by atoms with E-state index in [2.05, 4.69) is 0 Å². The molecule has 0 amide bonds.